The fourth-order valence-corrected chi connectivity index (χ4v) is 4.26. The first-order valence-corrected chi connectivity index (χ1v) is 10.8. The molecule has 1 fully saturated rings. The molecule has 0 bridgehead atoms. The fraction of sp³-hybridized carbons (Fsp3) is 0.364. The van der Waals surface area contributed by atoms with Crippen LogP contribution in [0.2, 0.25) is 0 Å². The molecule has 28 heavy (non-hydrogen) atoms. The highest BCUT2D eigenvalue weighted by Crippen LogP contribution is 2.24. The molecule has 146 valence electrons. The van der Waals surface area contributed by atoms with E-state index in [1.54, 1.807) is 11.8 Å². The van der Waals surface area contributed by atoms with Gasteiger partial charge in [-0.2, -0.15) is 0 Å². The number of hydrogen-bond acceptors (Lipinski definition) is 5. The highest BCUT2D eigenvalue weighted by atomic mass is 32.2. The molecule has 2 aromatic carbocycles. The number of thioether (sulfide) groups is 1. The van der Waals surface area contributed by atoms with Crippen LogP contribution in [0.5, 0.6) is 5.75 Å². The number of aromatic nitrogens is 3. The van der Waals surface area contributed by atoms with Crippen molar-refractivity contribution in [3.05, 3.63) is 66.0 Å². The number of hydrogen-bond donors (Lipinski definition) is 0. The summed E-state index contributed by atoms with van der Waals surface area (Å²) in [5.74, 6) is 2.75. The first-order valence-electron chi connectivity index (χ1n) is 9.84. The van der Waals surface area contributed by atoms with Crippen molar-refractivity contribution in [3.8, 4) is 11.4 Å². The number of benzene rings is 2. The molecule has 5 nitrogen and oxygen atoms in total. The Morgan fingerprint density at radius 2 is 1.82 bits per heavy atom. The molecule has 0 saturated carbocycles. The van der Waals surface area contributed by atoms with Gasteiger partial charge in [-0.1, -0.05) is 42.1 Å². The Balaban J connectivity index is 1.44. The van der Waals surface area contributed by atoms with Gasteiger partial charge in [-0.05, 0) is 62.7 Å². The first kappa shape index (κ1) is 19.0. The lowest BCUT2D eigenvalue weighted by Gasteiger charge is -2.16. The summed E-state index contributed by atoms with van der Waals surface area (Å²) in [4.78, 5) is 2.46. The van der Waals surface area contributed by atoms with E-state index in [1.165, 1.54) is 18.4 Å². The molecule has 1 aromatic heterocycles. The van der Waals surface area contributed by atoms with Gasteiger partial charge in [0.2, 0.25) is 0 Å². The van der Waals surface area contributed by atoms with Crippen LogP contribution in [0.3, 0.4) is 0 Å². The maximum Gasteiger partial charge on any atom is 0.195 e. The number of para-hydroxylation sites is 1. The number of nitrogens with zero attached hydrogens (tertiary/aromatic N) is 4. The van der Waals surface area contributed by atoms with Crippen LogP contribution in [-0.2, 0) is 6.54 Å². The Morgan fingerprint density at radius 3 is 2.61 bits per heavy atom. The normalized spacial score (nSPS) is 14.5. The third kappa shape index (κ3) is 4.75. The van der Waals surface area contributed by atoms with Crippen LogP contribution < -0.4 is 4.74 Å². The highest BCUT2D eigenvalue weighted by Gasteiger charge is 2.19. The monoisotopic (exact) mass is 394 g/mol. The smallest absolute Gasteiger partial charge is 0.195 e. The maximum absolute atomic E-state index is 5.88. The number of likely N-dealkylation sites (tertiary alicyclic amines) is 1. The van der Waals surface area contributed by atoms with Crippen molar-refractivity contribution in [1.82, 2.24) is 19.7 Å². The van der Waals surface area contributed by atoms with Gasteiger partial charge in [0.1, 0.15) is 5.75 Å². The summed E-state index contributed by atoms with van der Waals surface area (Å²) in [6.45, 7) is 5.86. The third-order valence-corrected chi connectivity index (χ3v) is 5.74. The van der Waals surface area contributed by atoms with E-state index in [1.807, 2.05) is 18.2 Å². The lowest BCUT2D eigenvalue weighted by molar-refractivity contribution is 0.319. The standard InChI is InChI=1S/C22H26N4OS/c1-18-8-7-11-20(16-18)27-14-15-28-22-24-23-21(17-25-12-5-6-13-25)26(22)19-9-3-2-4-10-19/h2-4,7-11,16H,5-6,12-15,17H2,1H3. The zero-order valence-electron chi connectivity index (χ0n) is 16.3. The second-order valence-corrected chi connectivity index (χ2v) is 8.13. The van der Waals surface area contributed by atoms with E-state index in [-0.39, 0.29) is 0 Å². The fourth-order valence-electron chi connectivity index (χ4n) is 3.47. The summed E-state index contributed by atoms with van der Waals surface area (Å²) < 4.78 is 8.07. The molecule has 1 aliphatic heterocycles. The summed E-state index contributed by atoms with van der Waals surface area (Å²) in [7, 11) is 0. The van der Waals surface area contributed by atoms with Crippen molar-refractivity contribution in [1.29, 1.82) is 0 Å². The largest absolute Gasteiger partial charge is 0.493 e. The van der Waals surface area contributed by atoms with Crippen molar-refractivity contribution in [2.45, 2.75) is 31.5 Å². The van der Waals surface area contributed by atoms with E-state index in [2.05, 4.69) is 63.0 Å². The summed E-state index contributed by atoms with van der Waals surface area (Å²) >= 11 is 1.69. The van der Waals surface area contributed by atoms with Gasteiger partial charge < -0.3 is 4.74 Å². The van der Waals surface area contributed by atoms with E-state index >= 15 is 0 Å². The quantitative estimate of drug-likeness (QED) is 0.420. The zero-order chi connectivity index (χ0) is 19.2. The van der Waals surface area contributed by atoms with Crippen LogP contribution in [0.15, 0.2) is 59.8 Å². The Labute approximate surface area is 170 Å². The lowest BCUT2D eigenvalue weighted by Crippen LogP contribution is -2.21. The number of aryl methyl sites for hydroxylation is 1. The topological polar surface area (TPSA) is 43.2 Å². The van der Waals surface area contributed by atoms with Crippen LogP contribution in [0.1, 0.15) is 24.2 Å². The van der Waals surface area contributed by atoms with Gasteiger partial charge in [-0.3, -0.25) is 9.47 Å². The van der Waals surface area contributed by atoms with Gasteiger partial charge >= 0.3 is 0 Å². The van der Waals surface area contributed by atoms with Crippen molar-refractivity contribution >= 4 is 11.8 Å². The average Bonchev–Trinajstić information content (AvgIpc) is 3.36. The molecule has 0 atom stereocenters. The average molecular weight is 395 g/mol. The molecule has 2 heterocycles. The van der Waals surface area contributed by atoms with Crippen LogP contribution in [0, 0.1) is 6.92 Å². The minimum atomic E-state index is 0.636. The summed E-state index contributed by atoms with van der Waals surface area (Å²) in [5.41, 5.74) is 2.32. The van der Waals surface area contributed by atoms with Gasteiger partial charge in [0.05, 0.1) is 13.2 Å². The molecule has 0 aliphatic carbocycles. The molecular weight excluding hydrogens is 368 g/mol. The van der Waals surface area contributed by atoms with Crippen LogP contribution >= 0.6 is 11.8 Å². The SMILES string of the molecule is Cc1cccc(OCCSc2nnc(CN3CCCC3)n2-c2ccccc2)c1. The summed E-state index contributed by atoms with van der Waals surface area (Å²) in [6.07, 6.45) is 2.55. The summed E-state index contributed by atoms with van der Waals surface area (Å²) in [6, 6.07) is 18.5. The van der Waals surface area contributed by atoms with Gasteiger partial charge in [-0.15, -0.1) is 10.2 Å². The van der Waals surface area contributed by atoms with E-state index in [0.717, 1.165) is 47.8 Å². The molecule has 0 unspecified atom stereocenters. The van der Waals surface area contributed by atoms with Crippen LogP contribution in [0.4, 0.5) is 0 Å². The van der Waals surface area contributed by atoms with Crippen molar-refractivity contribution < 1.29 is 4.74 Å². The van der Waals surface area contributed by atoms with Gasteiger partial charge in [0.15, 0.2) is 11.0 Å². The highest BCUT2D eigenvalue weighted by molar-refractivity contribution is 7.99. The Morgan fingerprint density at radius 1 is 1.00 bits per heavy atom. The first-order chi connectivity index (χ1) is 13.8. The number of rotatable bonds is 8. The Kier molecular flexibility index (Phi) is 6.29. The molecule has 1 aliphatic rings. The minimum Gasteiger partial charge on any atom is -0.493 e. The van der Waals surface area contributed by atoms with Crippen molar-refractivity contribution in [3.63, 3.8) is 0 Å². The van der Waals surface area contributed by atoms with Crippen LogP contribution in [-0.4, -0.2) is 45.1 Å². The lowest BCUT2D eigenvalue weighted by atomic mass is 10.2. The molecule has 3 aromatic rings. The molecule has 4 rings (SSSR count). The predicted octanol–water partition coefficient (Wildman–Crippen LogP) is 4.34. The second kappa shape index (κ2) is 9.26. The Hall–Kier alpha value is -2.31. The Bertz CT molecular complexity index is 891. The molecule has 6 heteroatoms. The molecule has 0 spiro atoms. The van der Waals surface area contributed by atoms with E-state index < -0.39 is 0 Å². The van der Waals surface area contributed by atoms with Gasteiger partial charge in [0, 0.05) is 11.4 Å². The molecular formula is C22H26N4OS. The van der Waals surface area contributed by atoms with Crippen molar-refractivity contribution in [2.24, 2.45) is 0 Å². The van der Waals surface area contributed by atoms with Gasteiger partial charge in [-0.25, -0.2) is 0 Å². The predicted molar refractivity (Wildman–Crippen MR) is 113 cm³/mol. The molecule has 0 N–H and O–H groups in total. The van der Waals surface area contributed by atoms with Crippen LogP contribution in [0.25, 0.3) is 5.69 Å². The van der Waals surface area contributed by atoms with Crippen molar-refractivity contribution in [2.75, 3.05) is 25.4 Å². The van der Waals surface area contributed by atoms with E-state index in [0.29, 0.717) is 6.61 Å². The second-order valence-electron chi connectivity index (χ2n) is 7.07. The van der Waals surface area contributed by atoms with E-state index in [9.17, 15) is 0 Å². The molecule has 0 amide bonds. The minimum absolute atomic E-state index is 0.636. The van der Waals surface area contributed by atoms with Gasteiger partial charge in [0.25, 0.3) is 0 Å². The summed E-state index contributed by atoms with van der Waals surface area (Å²) in [5, 5.41) is 9.93. The zero-order valence-corrected chi connectivity index (χ0v) is 17.1. The van der Waals surface area contributed by atoms with E-state index in [4.69, 9.17) is 4.74 Å². The number of ether oxygens (including phenoxy) is 1. The maximum atomic E-state index is 5.88. The molecule has 1 saturated heterocycles. The molecule has 0 radical (unpaired) electrons. The third-order valence-electron chi connectivity index (χ3n) is 4.85.